The Kier molecular flexibility index (Phi) is 4.70. The molecule has 2 aromatic rings. The number of anilines is 1. The first-order valence-electron chi connectivity index (χ1n) is 7.86. The van der Waals surface area contributed by atoms with Gasteiger partial charge in [-0.05, 0) is 19.1 Å². The van der Waals surface area contributed by atoms with Crippen molar-refractivity contribution in [3.05, 3.63) is 63.6 Å². The molecule has 3 N–H and O–H groups in total. The van der Waals surface area contributed by atoms with Gasteiger partial charge in [0.2, 0.25) is 5.91 Å². The lowest BCUT2D eigenvalue weighted by Crippen LogP contribution is -2.46. The summed E-state index contributed by atoms with van der Waals surface area (Å²) in [6, 6.07) is 3.41. The Hall–Kier alpha value is -3.23. The Morgan fingerprint density at radius 1 is 1.31 bits per heavy atom. The molecule has 0 saturated carbocycles. The van der Waals surface area contributed by atoms with Gasteiger partial charge in [-0.3, -0.25) is 9.59 Å². The summed E-state index contributed by atoms with van der Waals surface area (Å²) in [6.45, 7) is 1.21. The fourth-order valence-corrected chi connectivity index (χ4v) is 2.76. The molecule has 0 aliphatic carbocycles. The number of carbonyl (C=O) groups excluding carboxylic acids is 2. The minimum absolute atomic E-state index is 0.0238. The lowest BCUT2D eigenvalue weighted by Gasteiger charge is -2.28. The van der Waals surface area contributed by atoms with E-state index in [-0.39, 0.29) is 24.2 Å². The molecule has 1 aromatic carbocycles. The fourth-order valence-electron chi connectivity index (χ4n) is 2.76. The molecule has 0 spiro atoms. The van der Waals surface area contributed by atoms with Crippen LogP contribution >= 0.6 is 0 Å². The van der Waals surface area contributed by atoms with E-state index in [4.69, 9.17) is 0 Å². The molecule has 0 saturated heterocycles. The highest BCUT2D eigenvalue weighted by Gasteiger charge is 2.26. The molecule has 1 atom stereocenters. The van der Waals surface area contributed by atoms with Crippen LogP contribution in [0.1, 0.15) is 24.1 Å². The number of pyridine rings is 1. The van der Waals surface area contributed by atoms with Crippen LogP contribution in [-0.4, -0.2) is 28.4 Å². The van der Waals surface area contributed by atoms with Crippen molar-refractivity contribution in [3.63, 3.8) is 0 Å². The lowest BCUT2D eigenvalue weighted by molar-refractivity contribution is -0.122. The third-order valence-electron chi connectivity index (χ3n) is 4.08. The van der Waals surface area contributed by atoms with Crippen LogP contribution in [0.15, 0.2) is 35.3 Å². The first-order chi connectivity index (χ1) is 12.3. The van der Waals surface area contributed by atoms with Gasteiger partial charge in [0.15, 0.2) is 0 Å². The van der Waals surface area contributed by atoms with E-state index in [1.807, 2.05) is 0 Å². The number of nitrogens with one attached hydrogen (secondary N) is 3. The van der Waals surface area contributed by atoms with E-state index in [1.165, 1.54) is 17.2 Å². The maximum atomic E-state index is 13.8. The zero-order valence-corrected chi connectivity index (χ0v) is 13.8. The Morgan fingerprint density at radius 3 is 2.81 bits per heavy atom. The van der Waals surface area contributed by atoms with Crippen molar-refractivity contribution in [2.75, 3.05) is 11.9 Å². The molecule has 3 rings (SSSR count). The van der Waals surface area contributed by atoms with E-state index in [9.17, 15) is 23.2 Å². The molecule has 3 amide bonds. The molecule has 1 aromatic heterocycles. The van der Waals surface area contributed by atoms with Crippen LogP contribution in [0.25, 0.3) is 0 Å². The van der Waals surface area contributed by atoms with Gasteiger partial charge >= 0.3 is 6.03 Å². The minimum Gasteiger partial charge on any atom is -0.348 e. The molecule has 0 bridgehead atoms. The monoisotopic (exact) mass is 362 g/mol. The number of aromatic nitrogens is 1. The van der Waals surface area contributed by atoms with E-state index in [2.05, 4.69) is 15.6 Å². The predicted octanol–water partition coefficient (Wildman–Crippen LogP) is 1.88. The van der Waals surface area contributed by atoms with Crippen molar-refractivity contribution < 1.29 is 18.4 Å². The summed E-state index contributed by atoms with van der Waals surface area (Å²) < 4.78 is 26.8. The van der Waals surface area contributed by atoms with E-state index < -0.39 is 29.6 Å². The summed E-state index contributed by atoms with van der Waals surface area (Å²) in [7, 11) is 0. The van der Waals surface area contributed by atoms with Gasteiger partial charge in [-0.15, -0.1) is 0 Å². The zero-order valence-electron chi connectivity index (χ0n) is 13.8. The Balaban J connectivity index is 1.67. The van der Waals surface area contributed by atoms with Gasteiger partial charge in [0.1, 0.15) is 18.2 Å². The quantitative estimate of drug-likeness (QED) is 0.775. The van der Waals surface area contributed by atoms with Crippen LogP contribution in [0.2, 0.25) is 0 Å². The first-order valence-corrected chi connectivity index (χ1v) is 7.86. The molecule has 2 heterocycles. The number of urea groups is 1. The van der Waals surface area contributed by atoms with Gasteiger partial charge in [-0.2, -0.15) is 0 Å². The normalized spacial score (nSPS) is 14.4. The number of fused-ring (bicyclic) bond motifs is 1. The molecule has 0 unspecified atom stereocenters. The summed E-state index contributed by atoms with van der Waals surface area (Å²) >= 11 is 0. The number of carbonyl (C=O) groups is 2. The summed E-state index contributed by atoms with van der Waals surface area (Å²) in [5.41, 5.74) is 0.522. The second-order valence-electron chi connectivity index (χ2n) is 5.94. The molecule has 1 aliphatic heterocycles. The number of aromatic amines is 1. The van der Waals surface area contributed by atoms with Gasteiger partial charge < -0.3 is 20.5 Å². The van der Waals surface area contributed by atoms with Gasteiger partial charge in [-0.1, -0.05) is 6.07 Å². The average Bonchev–Trinajstić information content (AvgIpc) is 2.56. The van der Waals surface area contributed by atoms with E-state index in [0.717, 1.165) is 12.1 Å². The highest BCUT2D eigenvalue weighted by atomic mass is 19.1. The average molecular weight is 362 g/mol. The second-order valence-corrected chi connectivity index (χ2v) is 5.94. The van der Waals surface area contributed by atoms with Crippen LogP contribution in [0.4, 0.5) is 19.3 Å². The number of rotatable bonds is 4. The van der Waals surface area contributed by atoms with Crippen molar-refractivity contribution in [3.8, 4) is 0 Å². The molecular weight excluding hydrogens is 346 g/mol. The van der Waals surface area contributed by atoms with Crippen molar-refractivity contribution in [1.29, 1.82) is 0 Å². The molecule has 0 fully saturated rings. The Morgan fingerprint density at radius 2 is 2.08 bits per heavy atom. The number of halogens is 2. The lowest BCUT2D eigenvalue weighted by atomic mass is 10.1. The van der Waals surface area contributed by atoms with Crippen LogP contribution in [0.3, 0.4) is 0 Å². The predicted molar refractivity (Wildman–Crippen MR) is 89.4 cm³/mol. The molecule has 9 heteroatoms. The maximum Gasteiger partial charge on any atom is 0.322 e. The topological polar surface area (TPSA) is 94.3 Å². The van der Waals surface area contributed by atoms with Crippen molar-refractivity contribution >= 4 is 17.6 Å². The van der Waals surface area contributed by atoms with Crippen molar-refractivity contribution in [1.82, 2.24) is 15.2 Å². The maximum absolute atomic E-state index is 13.8. The van der Waals surface area contributed by atoms with Gasteiger partial charge in [-0.25, -0.2) is 13.6 Å². The number of hydrogen-bond acceptors (Lipinski definition) is 3. The molecule has 136 valence electrons. The first kappa shape index (κ1) is 17.6. The van der Waals surface area contributed by atoms with Gasteiger partial charge in [0.05, 0.1) is 23.8 Å². The van der Waals surface area contributed by atoms with Crippen molar-refractivity contribution in [2.24, 2.45) is 0 Å². The summed E-state index contributed by atoms with van der Waals surface area (Å²) in [6.07, 6.45) is 1.42. The van der Waals surface area contributed by atoms with Gasteiger partial charge in [0, 0.05) is 17.8 Å². The van der Waals surface area contributed by atoms with Crippen LogP contribution in [-0.2, 0) is 11.3 Å². The molecule has 0 radical (unpaired) electrons. The summed E-state index contributed by atoms with van der Waals surface area (Å²) in [4.78, 5) is 39.8. The minimum atomic E-state index is -0.769. The van der Waals surface area contributed by atoms with Crippen LogP contribution < -0.4 is 16.2 Å². The standard InChI is InChI=1S/C17H16F2N4O3/c1-9(11-3-2-10(18)6-13(11)19)21-15(24)8-23-7-12-14(22-17(23)26)4-5-20-16(12)25/h2-6,9H,7-8H2,1H3,(H,20,25)(H,21,24)(H,22,26)/t9-/m0/s1. The van der Waals surface area contributed by atoms with Gasteiger partial charge in [0.25, 0.3) is 5.56 Å². The molecule has 1 aliphatic rings. The fraction of sp³-hybridized carbons (Fsp3) is 0.235. The number of hydrogen-bond donors (Lipinski definition) is 3. The smallest absolute Gasteiger partial charge is 0.322 e. The van der Waals surface area contributed by atoms with E-state index in [1.54, 1.807) is 13.0 Å². The zero-order chi connectivity index (χ0) is 18.8. The van der Waals surface area contributed by atoms with Crippen LogP contribution in [0, 0.1) is 11.6 Å². The Bertz CT molecular complexity index is 928. The SMILES string of the molecule is C[C@H](NC(=O)CN1Cc2c(cc[nH]c2=O)NC1=O)c1ccc(F)cc1F. The summed E-state index contributed by atoms with van der Waals surface area (Å²) in [5.74, 6) is -2.01. The Labute approximate surface area is 147 Å². The molecular formula is C17H16F2N4O3. The largest absolute Gasteiger partial charge is 0.348 e. The molecule has 26 heavy (non-hydrogen) atoms. The van der Waals surface area contributed by atoms with E-state index >= 15 is 0 Å². The highest BCUT2D eigenvalue weighted by molar-refractivity contribution is 5.94. The van der Waals surface area contributed by atoms with E-state index in [0.29, 0.717) is 11.3 Å². The number of H-pyrrole nitrogens is 1. The number of nitrogens with zero attached hydrogens (tertiary/aromatic N) is 1. The number of benzene rings is 1. The number of amides is 3. The summed E-state index contributed by atoms with van der Waals surface area (Å²) in [5, 5.41) is 5.10. The highest BCUT2D eigenvalue weighted by Crippen LogP contribution is 2.20. The second kappa shape index (κ2) is 6.95. The third-order valence-corrected chi connectivity index (χ3v) is 4.08. The third kappa shape index (κ3) is 3.56. The van der Waals surface area contributed by atoms with Crippen LogP contribution in [0.5, 0.6) is 0 Å². The van der Waals surface area contributed by atoms with Crippen molar-refractivity contribution in [2.45, 2.75) is 19.5 Å². The molecule has 7 nitrogen and oxygen atoms in total.